The first-order chi connectivity index (χ1) is 19.3. The number of hydrogen-bond acceptors (Lipinski definition) is 4. The Labute approximate surface area is 240 Å². The van der Waals surface area contributed by atoms with Gasteiger partial charge in [0.25, 0.3) is 0 Å². The number of aromatic amines is 1. The maximum Gasteiger partial charge on any atom is 0.323 e. The van der Waals surface area contributed by atoms with Gasteiger partial charge in [-0.1, -0.05) is 108 Å². The molecule has 4 N–H and O–H groups in total. The molecule has 5 heteroatoms. The Balaban J connectivity index is 0.000000265. The van der Waals surface area contributed by atoms with Crippen LogP contribution in [0.15, 0.2) is 84.9 Å². The number of phenols is 1. The number of esters is 1. The molecule has 0 amide bonds. The number of aromatic hydroxyl groups is 1. The van der Waals surface area contributed by atoms with E-state index in [1.807, 2.05) is 19.9 Å². The molecule has 3 aromatic carbocycles. The highest BCUT2D eigenvalue weighted by Gasteiger charge is 2.35. The van der Waals surface area contributed by atoms with Gasteiger partial charge in [-0.25, -0.2) is 0 Å². The van der Waals surface area contributed by atoms with Crippen molar-refractivity contribution in [2.75, 3.05) is 6.61 Å². The van der Waals surface area contributed by atoms with E-state index in [9.17, 15) is 9.90 Å². The summed E-state index contributed by atoms with van der Waals surface area (Å²) in [6.07, 6.45) is 4.12. The van der Waals surface area contributed by atoms with E-state index in [4.69, 9.17) is 10.5 Å². The van der Waals surface area contributed by atoms with Crippen molar-refractivity contribution < 1.29 is 14.6 Å². The molecule has 0 saturated heterocycles. The number of carbonyl (C=O) groups is 1. The standard InChI is InChI=1S/C20H26.C13H16N2O3.C2H6/c1-4-12-17(5-2)20(3,18-13-8-6-9-14-18)19-15-10-7-11-16-19;1-2-18-13(17)11(14)7-9-5-8-6-10(16)3-4-12(8)15-9;1-2/h6-11,13-17H,4-5,12H2,1-3H3;3-6,11,15-16H,2,7,14H2,1H3;1-2H3/t;11-;/m.0./s1. The fourth-order valence-corrected chi connectivity index (χ4v) is 5.32. The number of nitrogens with one attached hydrogen (secondary N) is 1. The van der Waals surface area contributed by atoms with Gasteiger partial charge in [0.1, 0.15) is 11.8 Å². The first-order valence-corrected chi connectivity index (χ1v) is 14.7. The maximum absolute atomic E-state index is 11.4. The van der Waals surface area contributed by atoms with Crippen LogP contribution in [-0.2, 0) is 21.4 Å². The third kappa shape index (κ3) is 8.46. The molecule has 2 atom stereocenters. The van der Waals surface area contributed by atoms with Crippen LogP contribution in [0.25, 0.3) is 10.9 Å². The van der Waals surface area contributed by atoms with Gasteiger partial charge in [-0.3, -0.25) is 4.79 Å². The van der Waals surface area contributed by atoms with Gasteiger partial charge in [-0.2, -0.15) is 0 Å². The number of nitrogens with two attached hydrogens (primary N) is 1. The number of rotatable bonds is 10. The molecule has 0 aliphatic rings. The van der Waals surface area contributed by atoms with Gasteiger partial charge in [0, 0.05) is 28.4 Å². The van der Waals surface area contributed by atoms with Crippen molar-refractivity contribution in [3.63, 3.8) is 0 Å². The molecule has 5 nitrogen and oxygen atoms in total. The number of fused-ring (bicyclic) bond motifs is 1. The Kier molecular flexibility index (Phi) is 13.5. The number of aromatic nitrogens is 1. The SMILES string of the molecule is CC.CCCC(CC)C(C)(c1ccccc1)c1ccccc1.CCOC(=O)[C@@H](N)Cc1cc2cc(O)ccc2[nH]1. The maximum atomic E-state index is 11.4. The summed E-state index contributed by atoms with van der Waals surface area (Å²) in [4.78, 5) is 14.6. The minimum Gasteiger partial charge on any atom is -0.508 e. The van der Waals surface area contributed by atoms with Gasteiger partial charge < -0.3 is 20.6 Å². The van der Waals surface area contributed by atoms with Gasteiger partial charge >= 0.3 is 5.97 Å². The highest BCUT2D eigenvalue weighted by atomic mass is 16.5. The molecule has 40 heavy (non-hydrogen) atoms. The first-order valence-electron chi connectivity index (χ1n) is 14.7. The lowest BCUT2D eigenvalue weighted by Crippen LogP contribution is -2.34. The normalized spacial score (nSPS) is 12.4. The second-order valence-corrected chi connectivity index (χ2v) is 9.96. The zero-order valence-corrected chi connectivity index (χ0v) is 25.1. The highest BCUT2D eigenvalue weighted by molar-refractivity contribution is 5.82. The molecule has 0 aliphatic carbocycles. The van der Waals surface area contributed by atoms with Gasteiger partial charge in [-0.15, -0.1) is 0 Å². The fraction of sp³-hybridized carbons (Fsp3) is 0.400. The summed E-state index contributed by atoms with van der Waals surface area (Å²) in [6.45, 7) is 13.1. The zero-order chi connectivity index (χ0) is 29.5. The van der Waals surface area contributed by atoms with Gasteiger partial charge in [0.2, 0.25) is 0 Å². The van der Waals surface area contributed by atoms with Crippen LogP contribution in [0.5, 0.6) is 5.75 Å². The molecule has 0 spiro atoms. The van der Waals surface area contributed by atoms with Crippen LogP contribution in [0.2, 0.25) is 0 Å². The number of phenolic OH excluding ortho intramolecular Hbond substituents is 1. The van der Waals surface area contributed by atoms with E-state index < -0.39 is 12.0 Å². The van der Waals surface area contributed by atoms with Crippen molar-refractivity contribution in [3.05, 3.63) is 102 Å². The Hall–Kier alpha value is -3.57. The van der Waals surface area contributed by atoms with Crippen LogP contribution in [-0.4, -0.2) is 28.7 Å². The molecule has 1 aromatic heterocycles. The van der Waals surface area contributed by atoms with Gasteiger partial charge in [-0.05, 0) is 54.7 Å². The van der Waals surface area contributed by atoms with Crippen molar-refractivity contribution in [2.24, 2.45) is 11.7 Å². The van der Waals surface area contributed by atoms with E-state index in [1.165, 1.54) is 30.4 Å². The number of ether oxygens (including phenoxy) is 1. The average Bonchev–Trinajstić information content (AvgIpc) is 3.39. The molecular formula is C35H48N2O3. The molecular weight excluding hydrogens is 496 g/mol. The molecule has 1 unspecified atom stereocenters. The lowest BCUT2D eigenvalue weighted by molar-refractivity contribution is -0.144. The highest BCUT2D eigenvalue weighted by Crippen LogP contribution is 2.42. The summed E-state index contributed by atoms with van der Waals surface area (Å²) < 4.78 is 4.85. The van der Waals surface area contributed by atoms with Crippen LogP contribution in [0.3, 0.4) is 0 Å². The Morgan fingerprint density at radius 2 is 1.50 bits per heavy atom. The van der Waals surface area contributed by atoms with E-state index in [1.54, 1.807) is 25.1 Å². The largest absolute Gasteiger partial charge is 0.508 e. The fourth-order valence-electron chi connectivity index (χ4n) is 5.32. The molecule has 216 valence electrons. The number of H-pyrrole nitrogens is 1. The van der Waals surface area contributed by atoms with Crippen LogP contribution in [0, 0.1) is 5.92 Å². The van der Waals surface area contributed by atoms with Crippen molar-refractivity contribution in [1.82, 2.24) is 4.98 Å². The lowest BCUT2D eigenvalue weighted by atomic mass is 9.65. The summed E-state index contributed by atoms with van der Waals surface area (Å²) in [5.74, 6) is 0.485. The van der Waals surface area contributed by atoms with Crippen molar-refractivity contribution in [1.29, 1.82) is 0 Å². The number of carbonyl (C=O) groups excluding carboxylic acids is 1. The third-order valence-corrected chi connectivity index (χ3v) is 7.38. The van der Waals surface area contributed by atoms with Crippen LogP contribution in [0.4, 0.5) is 0 Å². The molecule has 0 fully saturated rings. The summed E-state index contributed by atoms with van der Waals surface area (Å²) in [7, 11) is 0. The van der Waals surface area contributed by atoms with E-state index in [2.05, 4.69) is 86.4 Å². The summed E-state index contributed by atoms with van der Waals surface area (Å²) in [5.41, 5.74) is 10.5. The smallest absolute Gasteiger partial charge is 0.323 e. The lowest BCUT2D eigenvalue weighted by Gasteiger charge is -2.39. The van der Waals surface area contributed by atoms with Crippen LogP contribution in [0.1, 0.15) is 77.6 Å². The second-order valence-electron chi connectivity index (χ2n) is 9.96. The van der Waals surface area contributed by atoms with E-state index in [-0.39, 0.29) is 11.2 Å². The number of benzene rings is 3. The van der Waals surface area contributed by atoms with Gasteiger partial charge in [0.05, 0.1) is 6.61 Å². The van der Waals surface area contributed by atoms with E-state index >= 15 is 0 Å². The van der Waals surface area contributed by atoms with Gasteiger partial charge in [0.15, 0.2) is 0 Å². The Morgan fingerprint density at radius 3 is 2.00 bits per heavy atom. The molecule has 4 rings (SSSR count). The summed E-state index contributed by atoms with van der Waals surface area (Å²) in [6, 6.07) is 28.2. The van der Waals surface area contributed by atoms with Crippen LogP contribution < -0.4 is 5.73 Å². The van der Waals surface area contributed by atoms with Crippen LogP contribution >= 0.6 is 0 Å². The molecule has 0 aliphatic heterocycles. The third-order valence-electron chi connectivity index (χ3n) is 7.38. The van der Waals surface area contributed by atoms with E-state index in [0.29, 0.717) is 18.9 Å². The predicted octanol–water partition coefficient (Wildman–Crippen LogP) is 8.15. The molecule has 0 radical (unpaired) electrons. The average molecular weight is 545 g/mol. The number of hydrogen-bond donors (Lipinski definition) is 3. The van der Waals surface area contributed by atoms with Crippen molar-refractivity contribution in [2.45, 2.75) is 78.7 Å². The second kappa shape index (κ2) is 16.5. The predicted molar refractivity (Wildman–Crippen MR) is 168 cm³/mol. The van der Waals surface area contributed by atoms with Crippen molar-refractivity contribution >= 4 is 16.9 Å². The molecule has 0 saturated carbocycles. The Bertz CT molecular complexity index is 1230. The minimum absolute atomic E-state index is 0.104. The summed E-state index contributed by atoms with van der Waals surface area (Å²) >= 11 is 0. The molecule has 0 bridgehead atoms. The molecule has 1 heterocycles. The first kappa shape index (κ1) is 32.6. The summed E-state index contributed by atoms with van der Waals surface area (Å²) in [5, 5.41) is 10.3. The Morgan fingerprint density at radius 1 is 0.925 bits per heavy atom. The van der Waals surface area contributed by atoms with E-state index in [0.717, 1.165) is 16.6 Å². The van der Waals surface area contributed by atoms with Crippen molar-refractivity contribution in [3.8, 4) is 5.75 Å². The quantitative estimate of drug-likeness (QED) is 0.176. The topological polar surface area (TPSA) is 88.3 Å². The minimum atomic E-state index is -0.674. The monoisotopic (exact) mass is 544 g/mol. The molecule has 4 aromatic rings. The zero-order valence-electron chi connectivity index (χ0n) is 25.1.